The molecule has 1 saturated carbocycles. The number of nitrogens with one attached hydrogen (secondary N) is 1. The van der Waals surface area contributed by atoms with Gasteiger partial charge in [-0.1, -0.05) is 40.5 Å². The zero-order valence-electron chi connectivity index (χ0n) is 14.1. The maximum atomic E-state index is 3.69. The van der Waals surface area contributed by atoms with Crippen molar-refractivity contribution >= 4 is 0 Å². The fourth-order valence-corrected chi connectivity index (χ4v) is 3.48. The molecule has 0 aromatic carbocycles. The zero-order chi connectivity index (χ0) is 14.5. The van der Waals surface area contributed by atoms with E-state index >= 15 is 0 Å². The number of rotatable bonds is 8. The summed E-state index contributed by atoms with van der Waals surface area (Å²) in [5.74, 6) is 0.797. The third kappa shape index (κ3) is 5.83. The Balaban J connectivity index is 2.52. The van der Waals surface area contributed by atoms with E-state index in [-0.39, 0.29) is 0 Å². The molecule has 0 saturated heterocycles. The summed E-state index contributed by atoms with van der Waals surface area (Å²) >= 11 is 0. The van der Waals surface area contributed by atoms with Crippen LogP contribution >= 0.6 is 0 Å². The second kappa shape index (κ2) is 7.64. The van der Waals surface area contributed by atoms with E-state index in [4.69, 9.17) is 0 Å². The molecule has 0 spiro atoms. The van der Waals surface area contributed by atoms with Crippen LogP contribution < -0.4 is 5.32 Å². The van der Waals surface area contributed by atoms with Crippen LogP contribution in [0.4, 0.5) is 0 Å². The molecule has 0 aromatic rings. The topological polar surface area (TPSA) is 15.3 Å². The summed E-state index contributed by atoms with van der Waals surface area (Å²) in [6.07, 6.45) is 6.97. The van der Waals surface area contributed by atoms with Crippen molar-refractivity contribution in [3.8, 4) is 0 Å². The average Bonchev–Trinajstić information content (AvgIpc) is 2.74. The lowest BCUT2D eigenvalue weighted by Crippen LogP contribution is -2.45. The summed E-state index contributed by atoms with van der Waals surface area (Å²) in [5.41, 5.74) is 0.532. The Morgan fingerprint density at radius 2 is 1.63 bits per heavy atom. The largest absolute Gasteiger partial charge is 0.314 e. The molecule has 1 N–H and O–H groups in total. The van der Waals surface area contributed by atoms with Gasteiger partial charge >= 0.3 is 0 Å². The van der Waals surface area contributed by atoms with Gasteiger partial charge in [-0.15, -0.1) is 0 Å². The second-order valence-corrected chi connectivity index (χ2v) is 7.64. The van der Waals surface area contributed by atoms with Crippen molar-refractivity contribution in [2.75, 3.05) is 20.1 Å². The van der Waals surface area contributed by atoms with E-state index in [1.54, 1.807) is 0 Å². The number of hydrogen-bond acceptors (Lipinski definition) is 2. The van der Waals surface area contributed by atoms with Crippen LogP contribution in [-0.2, 0) is 0 Å². The van der Waals surface area contributed by atoms with E-state index in [0.717, 1.165) is 5.92 Å². The Labute approximate surface area is 121 Å². The molecule has 1 atom stereocenters. The minimum atomic E-state index is 0.532. The molecule has 1 aliphatic carbocycles. The molecule has 0 amide bonds. The molecule has 114 valence electrons. The quantitative estimate of drug-likeness (QED) is 0.718. The van der Waals surface area contributed by atoms with Gasteiger partial charge in [0.25, 0.3) is 0 Å². The van der Waals surface area contributed by atoms with Gasteiger partial charge in [0.1, 0.15) is 0 Å². The zero-order valence-corrected chi connectivity index (χ0v) is 14.1. The minimum Gasteiger partial charge on any atom is -0.314 e. The minimum absolute atomic E-state index is 0.532. The van der Waals surface area contributed by atoms with Gasteiger partial charge in [-0.3, -0.25) is 0 Å². The lowest BCUT2D eigenvalue weighted by atomic mass is 9.84. The fourth-order valence-electron chi connectivity index (χ4n) is 3.48. The van der Waals surface area contributed by atoms with Crippen LogP contribution in [0.25, 0.3) is 0 Å². The third-order valence-corrected chi connectivity index (χ3v) is 4.70. The lowest BCUT2D eigenvalue weighted by Gasteiger charge is -2.37. The van der Waals surface area contributed by atoms with Gasteiger partial charge < -0.3 is 10.2 Å². The van der Waals surface area contributed by atoms with Crippen molar-refractivity contribution in [3.05, 3.63) is 0 Å². The van der Waals surface area contributed by atoms with Gasteiger partial charge in [0.05, 0.1) is 0 Å². The molecule has 0 radical (unpaired) electrons. The van der Waals surface area contributed by atoms with Gasteiger partial charge in [0, 0.05) is 25.2 Å². The van der Waals surface area contributed by atoms with Gasteiger partial charge in [-0.05, 0) is 44.6 Å². The molecule has 2 heteroatoms. The van der Waals surface area contributed by atoms with Crippen LogP contribution in [0.1, 0.15) is 66.7 Å². The van der Waals surface area contributed by atoms with E-state index in [1.165, 1.54) is 45.2 Å². The van der Waals surface area contributed by atoms with Crippen molar-refractivity contribution in [2.45, 2.75) is 78.8 Å². The Kier molecular flexibility index (Phi) is 6.82. The second-order valence-electron chi connectivity index (χ2n) is 7.64. The highest BCUT2D eigenvalue weighted by atomic mass is 15.1. The Bertz CT molecular complexity index is 242. The fraction of sp³-hybridized carbons (Fsp3) is 1.00. The van der Waals surface area contributed by atoms with E-state index in [1.807, 2.05) is 0 Å². The molecule has 19 heavy (non-hydrogen) atoms. The predicted molar refractivity (Wildman–Crippen MR) is 85.6 cm³/mol. The summed E-state index contributed by atoms with van der Waals surface area (Å²) in [4.78, 5) is 2.60. The average molecular weight is 268 g/mol. The van der Waals surface area contributed by atoms with E-state index in [0.29, 0.717) is 17.5 Å². The number of nitrogens with zero attached hydrogens (tertiary/aromatic N) is 1. The van der Waals surface area contributed by atoms with E-state index in [2.05, 4.69) is 51.9 Å². The van der Waals surface area contributed by atoms with Crippen molar-refractivity contribution < 1.29 is 0 Å². The standard InChI is InChI=1S/C17H36N2/c1-14(2)11-16(5)19(6)13-17(9-7-8-10-17)12-18-15(3)4/h14-16,18H,7-13H2,1-6H3. The molecule has 1 aliphatic rings. The summed E-state index contributed by atoms with van der Waals surface area (Å²) in [6.45, 7) is 14.0. The first-order chi connectivity index (χ1) is 8.84. The highest BCUT2D eigenvalue weighted by molar-refractivity contribution is 4.90. The van der Waals surface area contributed by atoms with Crippen LogP contribution in [0.2, 0.25) is 0 Å². The molecule has 1 rings (SSSR count). The van der Waals surface area contributed by atoms with Gasteiger partial charge in [0.2, 0.25) is 0 Å². The predicted octanol–water partition coefficient (Wildman–Crippen LogP) is 3.91. The molecule has 0 bridgehead atoms. The molecular weight excluding hydrogens is 232 g/mol. The summed E-state index contributed by atoms with van der Waals surface area (Å²) in [7, 11) is 2.32. The normalized spacial score (nSPS) is 20.7. The Hall–Kier alpha value is -0.0800. The van der Waals surface area contributed by atoms with Gasteiger partial charge in [-0.25, -0.2) is 0 Å². The summed E-state index contributed by atoms with van der Waals surface area (Å²) < 4.78 is 0. The van der Waals surface area contributed by atoms with Gasteiger partial charge in [-0.2, -0.15) is 0 Å². The molecule has 0 heterocycles. The first kappa shape index (κ1) is 17.0. The van der Waals surface area contributed by atoms with Crippen LogP contribution in [0.15, 0.2) is 0 Å². The molecule has 0 aliphatic heterocycles. The third-order valence-electron chi connectivity index (χ3n) is 4.70. The molecule has 0 aromatic heterocycles. The molecule has 1 fully saturated rings. The van der Waals surface area contributed by atoms with Crippen LogP contribution in [0.3, 0.4) is 0 Å². The van der Waals surface area contributed by atoms with Crippen molar-refractivity contribution in [3.63, 3.8) is 0 Å². The van der Waals surface area contributed by atoms with Crippen LogP contribution in [0.5, 0.6) is 0 Å². The first-order valence-corrected chi connectivity index (χ1v) is 8.28. The molecule has 1 unspecified atom stereocenters. The monoisotopic (exact) mass is 268 g/mol. The van der Waals surface area contributed by atoms with Crippen LogP contribution in [0, 0.1) is 11.3 Å². The first-order valence-electron chi connectivity index (χ1n) is 8.28. The lowest BCUT2D eigenvalue weighted by molar-refractivity contribution is 0.128. The molecular formula is C17H36N2. The smallest absolute Gasteiger partial charge is 0.00665 e. The number of hydrogen-bond donors (Lipinski definition) is 1. The van der Waals surface area contributed by atoms with Crippen molar-refractivity contribution in [1.29, 1.82) is 0 Å². The highest BCUT2D eigenvalue weighted by Gasteiger charge is 2.35. The summed E-state index contributed by atoms with van der Waals surface area (Å²) in [6, 6.07) is 1.31. The Morgan fingerprint density at radius 1 is 1.05 bits per heavy atom. The maximum absolute atomic E-state index is 3.69. The van der Waals surface area contributed by atoms with E-state index < -0.39 is 0 Å². The highest BCUT2D eigenvalue weighted by Crippen LogP contribution is 2.38. The maximum Gasteiger partial charge on any atom is 0.00665 e. The van der Waals surface area contributed by atoms with Crippen LogP contribution in [-0.4, -0.2) is 37.1 Å². The Morgan fingerprint density at radius 3 is 2.11 bits per heavy atom. The van der Waals surface area contributed by atoms with Crippen molar-refractivity contribution in [2.24, 2.45) is 11.3 Å². The van der Waals surface area contributed by atoms with E-state index in [9.17, 15) is 0 Å². The van der Waals surface area contributed by atoms with Gasteiger partial charge in [0.15, 0.2) is 0 Å². The summed E-state index contributed by atoms with van der Waals surface area (Å²) in [5, 5.41) is 3.69. The molecule has 2 nitrogen and oxygen atoms in total. The van der Waals surface area contributed by atoms with Crippen molar-refractivity contribution in [1.82, 2.24) is 10.2 Å². The SMILES string of the molecule is CC(C)CC(C)N(C)CC1(CNC(C)C)CCCC1.